The highest BCUT2D eigenvalue weighted by molar-refractivity contribution is 6.40. The Morgan fingerprint density at radius 1 is 0.760 bits per heavy atom. The summed E-state index contributed by atoms with van der Waals surface area (Å²) in [5.74, 6) is 0. The summed E-state index contributed by atoms with van der Waals surface area (Å²) in [6.07, 6.45) is 3.35. The Morgan fingerprint density at radius 2 is 1.20 bits per heavy atom. The monoisotopic (exact) mass is 372 g/mol. The molecule has 0 spiro atoms. The molecule has 3 aromatic rings. The summed E-state index contributed by atoms with van der Waals surface area (Å²) in [5.41, 5.74) is 9.09. The molecule has 130 valence electrons. The van der Waals surface area contributed by atoms with Crippen molar-refractivity contribution in [2.45, 2.75) is 41.5 Å². The van der Waals surface area contributed by atoms with E-state index in [4.69, 9.17) is 23.2 Å². The average Bonchev–Trinajstić information content (AvgIpc) is 2.74. The van der Waals surface area contributed by atoms with E-state index in [2.05, 4.69) is 72.1 Å². The van der Waals surface area contributed by atoms with Crippen molar-refractivity contribution < 1.29 is 4.57 Å². The average molecular weight is 373 g/mol. The van der Waals surface area contributed by atoms with Crippen molar-refractivity contribution in [2.75, 3.05) is 0 Å². The Kier molecular flexibility index (Phi) is 4.70. The van der Waals surface area contributed by atoms with Crippen molar-refractivity contribution in [3.8, 4) is 11.4 Å². The highest BCUT2D eigenvalue weighted by Gasteiger charge is 2.20. The standard InChI is InChI=1S/C21H22Cl2N2/c1-12-7-14(3)18(15(4)8-12)24-11-25(21(23)20(24)22)19-16(5)9-13(2)10-17(19)6/h7-10H,1-6H3. The highest BCUT2D eigenvalue weighted by atomic mass is 35.5. The number of aryl methyl sites for hydroxylation is 6. The zero-order chi connectivity index (χ0) is 18.5. The SMILES string of the molecule is Cc1cc(C)c(-n2[c-][n+](-c3c(C)cc(C)cc3C)c(Cl)c2Cl)c(C)c1. The molecule has 1 heterocycles. The molecule has 0 unspecified atom stereocenters. The van der Waals surface area contributed by atoms with Crippen molar-refractivity contribution >= 4 is 23.2 Å². The molecule has 0 aliphatic rings. The molecule has 0 aliphatic carbocycles. The van der Waals surface area contributed by atoms with E-state index in [9.17, 15) is 0 Å². The molecule has 0 amide bonds. The van der Waals surface area contributed by atoms with Crippen LogP contribution in [0.5, 0.6) is 0 Å². The summed E-state index contributed by atoms with van der Waals surface area (Å²) in [6.45, 7) is 12.5. The maximum absolute atomic E-state index is 6.60. The summed E-state index contributed by atoms with van der Waals surface area (Å²) >= 11 is 13.2. The lowest BCUT2D eigenvalue weighted by Crippen LogP contribution is -2.32. The predicted octanol–water partition coefficient (Wildman–Crippen LogP) is 5.71. The van der Waals surface area contributed by atoms with Gasteiger partial charge in [0.2, 0.25) is 0 Å². The van der Waals surface area contributed by atoms with Gasteiger partial charge in [0.1, 0.15) is 0 Å². The molecule has 3 rings (SSSR count). The molecule has 25 heavy (non-hydrogen) atoms. The van der Waals surface area contributed by atoms with Gasteiger partial charge in [0.05, 0.1) is 11.4 Å². The van der Waals surface area contributed by atoms with Gasteiger partial charge in [-0.2, -0.15) is 0 Å². The number of imidazole rings is 1. The third-order valence-corrected chi connectivity index (χ3v) is 5.27. The van der Waals surface area contributed by atoms with Crippen LogP contribution in [-0.2, 0) is 0 Å². The van der Waals surface area contributed by atoms with Crippen molar-refractivity contribution in [1.29, 1.82) is 0 Å². The van der Waals surface area contributed by atoms with Crippen LogP contribution in [0.3, 0.4) is 0 Å². The second kappa shape index (κ2) is 6.51. The molecule has 2 nitrogen and oxygen atoms in total. The molecule has 0 aliphatic heterocycles. The smallest absolute Gasteiger partial charge is 0.271 e. The van der Waals surface area contributed by atoms with Gasteiger partial charge >= 0.3 is 0 Å². The van der Waals surface area contributed by atoms with E-state index < -0.39 is 0 Å². The third kappa shape index (κ3) is 3.09. The van der Waals surface area contributed by atoms with Gasteiger partial charge in [0.25, 0.3) is 6.33 Å². The Hall–Kier alpha value is -1.77. The van der Waals surface area contributed by atoms with Gasteiger partial charge in [-0.15, -0.1) is 0 Å². The van der Waals surface area contributed by atoms with Crippen LogP contribution in [0.2, 0.25) is 10.3 Å². The van der Waals surface area contributed by atoms with Crippen LogP contribution < -0.4 is 4.57 Å². The van der Waals surface area contributed by atoms with E-state index in [1.54, 1.807) is 0 Å². The normalized spacial score (nSPS) is 11.2. The fraction of sp³-hybridized carbons (Fsp3) is 0.286. The second-order valence-electron chi connectivity index (χ2n) is 6.85. The van der Waals surface area contributed by atoms with Gasteiger partial charge in [-0.3, -0.25) is 9.13 Å². The zero-order valence-electron chi connectivity index (χ0n) is 15.5. The molecule has 0 saturated heterocycles. The van der Waals surface area contributed by atoms with Crippen LogP contribution in [0.15, 0.2) is 24.3 Å². The molecule has 2 aromatic carbocycles. The maximum atomic E-state index is 6.60. The lowest BCUT2D eigenvalue weighted by molar-refractivity contribution is -0.597. The molecular formula is C21H22Cl2N2. The third-order valence-electron chi connectivity index (χ3n) is 4.48. The second-order valence-corrected chi connectivity index (χ2v) is 7.56. The molecular weight excluding hydrogens is 351 g/mol. The molecule has 0 bridgehead atoms. The number of rotatable bonds is 2. The first-order chi connectivity index (χ1) is 11.7. The Bertz CT molecular complexity index is 860. The zero-order valence-corrected chi connectivity index (χ0v) is 17.0. The summed E-state index contributed by atoms with van der Waals surface area (Å²) in [6, 6.07) is 8.58. The van der Waals surface area contributed by atoms with Crippen LogP contribution in [0.25, 0.3) is 11.4 Å². The van der Waals surface area contributed by atoms with Gasteiger partial charge < -0.3 is 0 Å². The maximum Gasteiger partial charge on any atom is 0.271 e. The first-order valence-corrected chi connectivity index (χ1v) is 9.03. The fourth-order valence-electron chi connectivity index (χ4n) is 3.72. The molecule has 0 N–H and O–H groups in total. The summed E-state index contributed by atoms with van der Waals surface area (Å²) in [5, 5.41) is 0.937. The molecule has 0 atom stereocenters. The Labute approximate surface area is 159 Å². The molecule has 0 fully saturated rings. The lowest BCUT2D eigenvalue weighted by atomic mass is 10.0. The van der Waals surface area contributed by atoms with Crippen molar-refractivity contribution in [3.63, 3.8) is 0 Å². The summed E-state index contributed by atoms with van der Waals surface area (Å²) < 4.78 is 3.71. The number of hydrogen-bond acceptors (Lipinski definition) is 0. The minimum atomic E-state index is 0.469. The largest absolute Gasteiger partial charge is 0.281 e. The predicted molar refractivity (Wildman–Crippen MR) is 105 cm³/mol. The van der Waals surface area contributed by atoms with E-state index >= 15 is 0 Å². The number of nitrogens with zero attached hydrogens (tertiary/aromatic N) is 2. The van der Waals surface area contributed by atoms with Crippen molar-refractivity contribution in [1.82, 2.24) is 4.57 Å². The quantitative estimate of drug-likeness (QED) is 0.402. The van der Waals surface area contributed by atoms with Crippen LogP contribution >= 0.6 is 23.2 Å². The number of benzene rings is 2. The van der Waals surface area contributed by atoms with Gasteiger partial charge in [-0.05, 0) is 63.8 Å². The van der Waals surface area contributed by atoms with Gasteiger partial charge in [-0.1, -0.05) is 58.6 Å². The van der Waals surface area contributed by atoms with Gasteiger partial charge in [0.15, 0.2) is 10.3 Å². The van der Waals surface area contributed by atoms with Crippen LogP contribution in [0.4, 0.5) is 0 Å². The fourth-order valence-corrected chi connectivity index (χ4v) is 4.13. The van der Waals surface area contributed by atoms with Gasteiger partial charge in [-0.25, -0.2) is 0 Å². The molecule has 4 heteroatoms. The van der Waals surface area contributed by atoms with E-state index in [1.165, 1.54) is 11.1 Å². The van der Waals surface area contributed by atoms with Gasteiger partial charge in [0, 0.05) is 0 Å². The molecule has 0 saturated carbocycles. The number of hydrogen-bond donors (Lipinski definition) is 0. The minimum absolute atomic E-state index is 0.469. The lowest BCUT2D eigenvalue weighted by Gasteiger charge is -2.13. The Morgan fingerprint density at radius 3 is 1.68 bits per heavy atom. The van der Waals surface area contributed by atoms with Crippen molar-refractivity contribution in [2.24, 2.45) is 0 Å². The summed E-state index contributed by atoms with van der Waals surface area (Å²) in [7, 11) is 0. The van der Waals surface area contributed by atoms with E-state index in [-0.39, 0.29) is 0 Å². The van der Waals surface area contributed by atoms with Crippen LogP contribution in [-0.4, -0.2) is 4.57 Å². The van der Waals surface area contributed by atoms with Crippen LogP contribution in [0.1, 0.15) is 33.4 Å². The van der Waals surface area contributed by atoms with Crippen LogP contribution in [0, 0.1) is 47.9 Å². The highest BCUT2D eigenvalue weighted by Crippen LogP contribution is 2.29. The minimum Gasteiger partial charge on any atom is -0.281 e. The first kappa shape index (κ1) is 18.0. The van der Waals surface area contributed by atoms with E-state index in [1.807, 2.05) is 9.13 Å². The van der Waals surface area contributed by atoms with E-state index in [0.717, 1.165) is 33.6 Å². The number of aromatic nitrogens is 2. The summed E-state index contributed by atoms with van der Waals surface area (Å²) in [4.78, 5) is 0. The topological polar surface area (TPSA) is 8.81 Å². The Balaban J connectivity index is 2.28. The number of halogens is 2. The van der Waals surface area contributed by atoms with E-state index in [0.29, 0.717) is 10.3 Å². The van der Waals surface area contributed by atoms with Crippen molar-refractivity contribution in [3.05, 3.63) is 74.3 Å². The molecule has 1 aromatic heterocycles. The molecule has 0 radical (unpaired) electrons. The first-order valence-electron chi connectivity index (χ1n) is 8.28.